The first-order chi connectivity index (χ1) is 10.6. The first-order valence-electron chi connectivity index (χ1n) is 7.70. The van der Waals surface area contributed by atoms with Gasteiger partial charge in [-0.25, -0.2) is 0 Å². The van der Waals surface area contributed by atoms with Crippen molar-refractivity contribution in [2.24, 2.45) is 0 Å². The maximum Gasteiger partial charge on any atom is 0.228 e. The Morgan fingerprint density at radius 3 is 3.18 bits per heavy atom. The minimum atomic E-state index is 0.0570. The van der Waals surface area contributed by atoms with E-state index in [0.29, 0.717) is 11.5 Å². The van der Waals surface area contributed by atoms with Crippen LogP contribution in [0.3, 0.4) is 0 Å². The van der Waals surface area contributed by atoms with Gasteiger partial charge in [0, 0.05) is 18.8 Å². The number of carbonyl (C=O) groups is 1. The zero-order valence-electron chi connectivity index (χ0n) is 12.6. The third-order valence-electron chi connectivity index (χ3n) is 4.12. The molecule has 0 radical (unpaired) electrons. The number of ether oxygens (including phenoxy) is 1. The summed E-state index contributed by atoms with van der Waals surface area (Å²) in [5, 5.41) is 9.98. The second-order valence-electron chi connectivity index (χ2n) is 5.85. The fourth-order valence-corrected chi connectivity index (χ4v) is 3.12. The van der Waals surface area contributed by atoms with E-state index in [1.54, 1.807) is 0 Å². The van der Waals surface area contributed by atoms with Crippen molar-refractivity contribution in [1.82, 2.24) is 10.6 Å². The smallest absolute Gasteiger partial charge is 0.228 e. The number of rotatable bonds is 4. The summed E-state index contributed by atoms with van der Waals surface area (Å²) >= 11 is 5.34. The number of hydrogen-bond acceptors (Lipinski definition) is 3. The Morgan fingerprint density at radius 1 is 1.55 bits per heavy atom. The van der Waals surface area contributed by atoms with Crippen LogP contribution in [-0.2, 0) is 16.0 Å². The van der Waals surface area contributed by atoms with Crippen molar-refractivity contribution in [3.63, 3.8) is 0 Å². The molecular weight excluding hydrogens is 298 g/mol. The molecule has 1 saturated heterocycles. The lowest BCUT2D eigenvalue weighted by Gasteiger charge is -2.19. The maximum absolute atomic E-state index is 11.4. The molecule has 2 atom stereocenters. The molecule has 1 aromatic rings. The molecule has 0 aliphatic carbocycles. The summed E-state index contributed by atoms with van der Waals surface area (Å²) in [7, 11) is 0. The zero-order valence-corrected chi connectivity index (χ0v) is 13.5. The maximum atomic E-state index is 11.4. The highest BCUT2D eigenvalue weighted by atomic mass is 32.1. The Labute approximate surface area is 135 Å². The van der Waals surface area contributed by atoms with Crippen LogP contribution in [0.2, 0.25) is 0 Å². The van der Waals surface area contributed by atoms with Crippen LogP contribution in [-0.4, -0.2) is 30.3 Å². The lowest BCUT2D eigenvalue weighted by atomic mass is 10.0. The number of thiocarbonyl (C=S) groups is 1. The molecule has 2 aliphatic heterocycles. The molecule has 0 aromatic heterocycles. The predicted octanol–water partition coefficient (Wildman–Crippen LogP) is 1.89. The molecule has 0 spiro atoms. The Hall–Kier alpha value is -1.66. The minimum absolute atomic E-state index is 0.0570. The van der Waals surface area contributed by atoms with Gasteiger partial charge in [0.15, 0.2) is 5.11 Å². The van der Waals surface area contributed by atoms with Gasteiger partial charge in [-0.1, -0.05) is 12.1 Å². The van der Waals surface area contributed by atoms with Crippen LogP contribution in [0.4, 0.5) is 5.69 Å². The fraction of sp³-hybridized carbons (Fsp3) is 0.500. The highest BCUT2D eigenvalue weighted by Crippen LogP contribution is 2.26. The summed E-state index contributed by atoms with van der Waals surface area (Å²) in [6.07, 6.45) is 2.95. The van der Waals surface area contributed by atoms with Crippen LogP contribution in [0.1, 0.15) is 36.9 Å². The number of nitrogens with one attached hydrogen (secondary N) is 3. The zero-order chi connectivity index (χ0) is 15.5. The molecule has 2 aliphatic rings. The molecule has 22 heavy (non-hydrogen) atoms. The lowest BCUT2D eigenvalue weighted by Crippen LogP contribution is -2.40. The summed E-state index contributed by atoms with van der Waals surface area (Å²) in [6.45, 7) is 3.66. The van der Waals surface area contributed by atoms with E-state index in [1.165, 1.54) is 0 Å². The van der Waals surface area contributed by atoms with E-state index in [1.807, 2.05) is 12.1 Å². The first-order valence-corrected chi connectivity index (χ1v) is 8.11. The van der Waals surface area contributed by atoms with Crippen molar-refractivity contribution in [3.05, 3.63) is 29.3 Å². The van der Waals surface area contributed by atoms with Crippen molar-refractivity contribution in [2.75, 3.05) is 18.5 Å². The molecule has 0 bridgehead atoms. The van der Waals surface area contributed by atoms with E-state index in [2.05, 4.69) is 28.9 Å². The second-order valence-corrected chi connectivity index (χ2v) is 6.26. The quantitative estimate of drug-likeness (QED) is 0.740. The van der Waals surface area contributed by atoms with Crippen LogP contribution in [0.5, 0.6) is 0 Å². The number of fused-ring (bicyclic) bond motifs is 1. The fourth-order valence-electron chi connectivity index (χ4n) is 2.86. The van der Waals surface area contributed by atoms with Gasteiger partial charge in [0.1, 0.15) is 0 Å². The van der Waals surface area contributed by atoms with E-state index >= 15 is 0 Å². The molecular formula is C16H21N3O2S. The van der Waals surface area contributed by atoms with Crippen LogP contribution < -0.4 is 16.0 Å². The van der Waals surface area contributed by atoms with Gasteiger partial charge in [0.2, 0.25) is 5.91 Å². The van der Waals surface area contributed by atoms with Crippen LogP contribution in [0.15, 0.2) is 18.2 Å². The normalized spacial score (nSPS) is 21.1. The van der Waals surface area contributed by atoms with Crippen molar-refractivity contribution >= 4 is 28.9 Å². The van der Waals surface area contributed by atoms with Gasteiger partial charge < -0.3 is 20.7 Å². The summed E-state index contributed by atoms with van der Waals surface area (Å²) in [4.78, 5) is 11.4. The summed E-state index contributed by atoms with van der Waals surface area (Å²) < 4.78 is 5.56. The molecule has 2 heterocycles. The molecule has 118 valence electrons. The monoisotopic (exact) mass is 319 g/mol. The molecule has 3 rings (SSSR count). The SMILES string of the molecule is C[C@H](NC(=S)NC[C@@H]1CCCO1)c1ccc2c(c1)CC(=O)N2. The number of anilines is 1. The van der Waals surface area contributed by atoms with E-state index in [0.717, 1.165) is 42.8 Å². The van der Waals surface area contributed by atoms with E-state index in [9.17, 15) is 4.79 Å². The Morgan fingerprint density at radius 2 is 2.41 bits per heavy atom. The summed E-state index contributed by atoms with van der Waals surface area (Å²) in [5.74, 6) is 0.0570. The van der Waals surface area contributed by atoms with E-state index < -0.39 is 0 Å². The van der Waals surface area contributed by atoms with Crippen molar-refractivity contribution in [1.29, 1.82) is 0 Å². The van der Waals surface area contributed by atoms with Crippen molar-refractivity contribution in [3.8, 4) is 0 Å². The minimum Gasteiger partial charge on any atom is -0.376 e. The Kier molecular flexibility index (Phi) is 4.59. The average molecular weight is 319 g/mol. The highest BCUT2D eigenvalue weighted by Gasteiger charge is 2.19. The number of carbonyl (C=O) groups excluding carboxylic acids is 1. The third kappa shape index (κ3) is 3.56. The first kappa shape index (κ1) is 15.2. The molecule has 1 fully saturated rings. The predicted molar refractivity (Wildman–Crippen MR) is 89.9 cm³/mol. The van der Waals surface area contributed by atoms with Gasteiger partial charge in [-0.2, -0.15) is 0 Å². The summed E-state index contributed by atoms with van der Waals surface area (Å²) in [5.41, 5.74) is 3.09. The largest absolute Gasteiger partial charge is 0.376 e. The highest BCUT2D eigenvalue weighted by molar-refractivity contribution is 7.80. The molecule has 1 amide bonds. The van der Waals surface area contributed by atoms with Gasteiger partial charge >= 0.3 is 0 Å². The number of amides is 1. The molecule has 5 nitrogen and oxygen atoms in total. The van der Waals surface area contributed by atoms with Gasteiger partial charge in [0.05, 0.1) is 18.6 Å². The molecule has 1 aromatic carbocycles. The molecule has 0 saturated carbocycles. The number of benzene rings is 1. The average Bonchev–Trinajstić information content (AvgIpc) is 3.12. The van der Waals surface area contributed by atoms with Gasteiger partial charge in [0.25, 0.3) is 0 Å². The third-order valence-corrected chi connectivity index (χ3v) is 4.38. The van der Waals surface area contributed by atoms with Gasteiger partial charge in [-0.05, 0) is 49.2 Å². The lowest BCUT2D eigenvalue weighted by molar-refractivity contribution is -0.115. The van der Waals surface area contributed by atoms with E-state index in [-0.39, 0.29) is 18.1 Å². The van der Waals surface area contributed by atoms with Gasteiger partial charge in [-0.15, -0.1) is 0 Å². The Balaban J connectivity index is 1.53. The van der Waals surface area contributed by atoms with Crippen molar-refractivity contribution < 1.29 is 9.53 Å². The topological polar surface area (TPSA) is 62.4 Å². The van der Waals surface area contributed by atoms with Crippen LogP contribution in [0.25, 0.3) is 0 Å². The molecule has 0 unspecified atom stereocenters. The molecule has 6 heteroatoms. The van der Waals surface area contributed by atoms with E-state index in [4.69, 9.17) is 17.0 Å². The standard InChI is InChI=1S/C16H21N3O2S/c1-10(18-16(22)17-9-13-3-2-6-21-13)11-4-5-14-12(7-11)8-15(20)19-14/h4-5,7,10,13H,2-3,6,8-9H2,1H3,(H,19,20)(H2,17,18,22)/t10-,13-/m0/s1. The second kappa shape index (κ2) is 6.62. The Bertz CT molecular complexity index is 585. The molecule has 3 N–H and O–H groups in total. The van der Waals surface area contributed by atoms with Crippen LogP contribution in [0, 0.1) is 0 Å². The summed E-state index contributed by atoms with van der Waals surface area (Å²) in [6, 6.07) is 6.13. The number of hydrogen-bond donors (Lipinski definition) is 3. The van der Waals surface area contributed by atoms with Crippen molar-refractivity contribution in [2.45, 2.75) is 38.3 Å². The van der Waals surface area contributed by atoms with Gasteiger partial charge in [-0.3, -0.25) is 4.79 Å². The van der Waals surface area contributed by atoms with Crippen LogP contribution >= 0.6 is 12.2 Å².